The molecule has 0 aliphatic carbocycles. The second-order valence-electron chi connectivity index (χ2n) is 1.71. The van der Waals surface area contributed by atoms with Gasteiger partial charge in [-0.25, -0.2) is 0 Å². The highest BCUT2D eigenvalue weighted by molar-refractivity contribution is 4.30. The highest BCUT2D eigenvalue weighted by atomic mass is 16.7. The number of nitrogens with one attached hydrogen (secondary N) is 1. The zero-order chi connectivity index (χ0) is 7.11. The lowest BCUT2D eigenvalue weighted by Crippen LogP contribution is -2.28. The van der Waals surface area contributed by atoms with Crippen LogP contribution in [-0.4, -0.2) is 23.3 Å². The Morgan fingerprint density at radius 1 is 1.67 bits per heavy atom. The third kappa shape index (κ3) is 5.72. The average Bonchev–Trinajstić information content (AvgIpc) is 1.89. The fourth-order valence-corrected chi connectivity index (χ4v) is 0.377. The molecule has 0 aromatic carbocycles. The second-order valence-corrected chi connectivity index (χ2v) is 1.71. The van der Waals surface area contributed by atoms with Gasteiger partial charge in [0.2, 0.25) is 6.41 Å². The van der Waals surface area contributed by atoms with Crippen molar-refractivity contribution in [2.24, 2.45) is 0 Å². The molecular weight excluding hydrogens is 122 g/mol. The first-order valence-corrected chi connectivity index (χ1v) is 3.00. The fraction of sp³-hybridized carbons (Fsp3) is 1.00. The molecule has 0 aromatic rings. The summed E-state index contributed by atoms with van der Waals surface area (Å²) in [6.45, 7) is 2.48. The van der Waals surface area contributed by atoms with Crippen LogP contribution in [0.3, 0.4) is 0 Å². The molecular formula is C5H13NO3. The van der Waals surface area contributed by atoms with E-state index in [0.717, 1.165) is 12.8 Å². The molecule has 0 rings (SSSR count). The maximum Gasteiger partial charge on any atom is 0.235 e. The predicted octanol–water partition coefficient (Wildman–Crippen LogP) is 0.0578. The molecule has 0 radical (unpaired) electrons. The number of rotatable bonds is 5. The summed E-state index contributed by atoms with van der Waals surface area (Å²) in [5.74, 6) is 0. The number of hydrogen-bond acceptors (Lipinski definition) is 4. The molecule has 0 saturated heterocycles. The summed E-state index contributed by atoms with van der Waals surface area (Å²) in [6.07, 6.45) is 0.660. The molecule has 0 aliphatic heterocycles. The second kappa shape index (κ2) is 5.97. The molecule has 56 valence electrons. The van der Waals surface area contributed by atoms with Gasteiger partial charge in [0.1, 0.15) is 0 Å². The van der Waals surface area contributed by atoms with Gasteiger partial charge in [0.05, 0.1) is 6.61 Å². The Labute approximate surface area is 54.4 Å². The zero-order valence-corrected chi connectivity index (χ0v) is 5.50. The van der Waals surface area contributed by atoms with E-state index in [0.29, 0.717) is 6.61 Å². The molecule has 1 unspecified atom stereocenters. The molecule has 4 nitrogen and oxygen atoms in total. The van der Waals surface area contributed by atoms with Crippen molar-refractivity contribution in [3.05, 3.63) is 0 Å². The van der Waals surface area contributed by atoms with Crippen molar-refractivity contribution in [1.82, 2.24) is 5.48 Å². The lowest BCUT2D eigenvalue weighted by Gasteiger charge is -2.07. The molecule has 0 fully saturated rings. The first kappa shape index (κ1) is 8.84. The summed E-state index contributed by atoms with van der Waals surface area (Å²) in [4.78, 5) is 0. The molecule has 3 N–H and O–H groups in total. The average molecular weight is 135 g/mol. The maximum atomic E-state index is 8.50. The molecule has 0 heterocycles. The van der Waals surface area contributed by atoms with E-state index in [4.69, 9.17) is 10.3 Å². The third-order valence-corrected chi connectivity index (χ3v) is 0.884. The summed E-state index contributed by atoms with van der Waals surface area (Å²) >= 11 is 0. The lowest BCUT2D eigenvalue weighted by molar-refractivity contribution is -0.175. The van der Waals surface area contributed by atoms with E-state index in [1.54, 1.807) is 5.48 Å². The number of aliphatic hydroxyl groups is 1. The van der Waals surface area contributed by atoms with Crippen molar-refractivity contribution in [1.29, 1.82) is 0 Å². The zero-order valence-electron chi connectivity index (χ0n) is 5.50. The Morgan fingerprint density at radius 2 is 2.33 bits per heavy atom. The van der Waals surface area contributed by atoms with Crippen molar-refractivity contribution >= 4 is 0 Å². The SMILES string of the molecule is CCCCOC(O)NO. The number of hydrogen-bond donors (Lipinski definition) is 3. The van der Waals surface area contributed by atoms with Gasteiger partial charge in [-0.3, -0.25) is 0 Å². The van der Waals surface area contributed by atoms with Crippen molar-refractivity contribution < 1.29 is 15.1 Å². The quantitative estimate of drug-likeness (QED) is 0.283. The molecule has 0 aromatic heterocycles. The fourth-order valence-electron chi connectivity index (χ4n) is 0.377. The van der Waals surface area contributed by atoms with Crippen molar-refractivity contribution in [2.45, 2.75) is 26.2 Å². The van der Waals surface area contributed by atoms with Crippen LogP contribution in [0, 0.1) is 0 Å². The van der Waals surface area contributed by atoms with E-state index in [2.05, 4.69) is 4.74 Å². The van der Waals surface area contributed by atoms with Crippen LogP contribution in [0.5, 0.6) is 0 Å². The molecule has 4 heteroatoms. The van der Waals surface area contributed by atoms with E-state index < -0.39 is 6.41 Å². The molecule has 0 aliphatic rings. The monoisotopic (exact) mass is 135 g/mol. The van der Waals surface area contributed by atoms with Gasteiger partial charge in [0.15, 0.2) is 0 Å². The van der Waals surface area contributed by atoms with Gasteiger partial charge in [0, 0.05) is 0 Å². The van der Waals surface area contributed by atoms with Gasteiger partial charge < -0.3 is 15.1 Å². The number of hydroxylamine groups is 1. The van der Waals surface area contributed by atoms with Gasteiger partial charge in [-0.05, 0) is 6.42 Å². The van der Waals surface area contributed by atoms with Crippen LogP contribution in [0.2, 0.25) is 0 Å². The highest BCUT2D eigenvalue weighted by Gasteiger charge is 1.97. The van der Waals surface area contributed by atoms with Crippen LogP contribution in [0.25, 0.3) is 0 Å². The Hall–Kier alpha value is -0.160. The minimum atomic E-state index is -1.24. The molecule has 0 saturated carbocycles. The summed E-state index contributed by atoms with van der Waals surface area (Å²) in [6, 6.07) is 0. The predicted molar refractivity (Wildman–Crippen MR) is 31.8 cm³/mol. The van der Waals surface area contributed by atoms with E-state index in [1.165, 1.54) is 0 Å². The molecule has 1 atom stereocenters. The number of unbranched alkanes of at least 4 members (excludes halogenated alkanes) is 1. The summed E-state index contributed by atoms with van der Waals surface area (Å²) < 4.78 is 4.63. The Morgan fingerprint density at radius 3 is 2.78 bits per heavy atom. The maximum absolute atomic E-state index is 8.50. The van der Waals surface area contributed by atoms with Gasteiger partial charge in [-0.2, -0.15) is 5.48 Å². The van der Waals surface area contributed by atoms with Crippen LogP contribution in [0.15, 0.2) is 0 Å². The first-order chi connectivity index (χ1) is 4.31. The minimum absolute atomic E-state index is 0.464. The lowest BCUT2D eigenvalue weighted by atomic mass is 10.4. The highest BCUT2D eigenvalue weighted by Crippen LogP contribution is 1.88. The standard InChI is InChI=1S/C5H13NO3/c1-2-3-4-9-5(7)6-8/h5-8H,2-4H2,1H3. The molecule has 9 heavy (non-hydrogen) atoms. The Balaban J connectivity index is 2.88. The van der Waals surface area contributed by atoms with Crippen molar-refractivity contribution in [3.8, 4) is 0 Å². The summed E-state index contributed by atoms with van der Waals surface area (Å²) in [5, 5.41) is 16.5. The van der Waals surface area contributed by atoms with Crippen molar-refractivity contribution in [2.75, 3.05) is 6.61 Å². The summed E-state index contributed by atoms with van der Waals surface area (Å²) in [5.41, 5.74) is 1.56. The largest absolute Gasteiger partial charge is 0.354 e. The first-order valence-electron chi connectivity index (χ1n) is 3.00. The Kier molecular flexibility index (Phi) is 5.86. The van der Waals surface area contributed by atoms with Gasteiger partial charge in [-0.1, -0.05) is 13.3 Å². The van der Waals surface area contributed by atoms with Crippen LogP contribution in [0.1, 0.15) is 19.8 Å². The topological polar surface area (TPSA) is 61.7 Å². The van der Waals surface area contributed by atoms with Crippen LogP contribution in [0.4, 0.5) is 0 Å². The van der Waals surface area contributed by atoms with E-state index in [9.17, 15) is 0 Å². The summed E-state index contributed by atoms with van der Waals surface area (Å²) in [7, 11) is 0. The van der Waals surface area contributed by atoms with E-state index in [1.807, 2.05) is 6.92 Å². The van der Waals surface area contributed by atoms with E-state index in [-0.39, 0.29) is 0 Å². The third-order valence-electron chi connectivity index (χ3n) is 0.884. The number of ether oxygens (including phenoxy) is 1. The van der Waals surface area contributed by atoms with E-state index >= 15 is 0 Å². The minimum Gasteiger partial charge on any atom is -0.354 e. The van der Waals surface area contributed by atoms with Crippen LogP contribution < -0.4 is 5.48 Å². The smallest absolute Gasteiger partial charge is 0.235 e. The van der Waals surface area contributed by atoms with Gasteiger partial charge in [-0.15, -0.1) is 0 Å². The molecule has 0 bridgehead atoms. The van der Waals surface area contributed by atoms with Crippen molar-refractivity contribution in [3.63, 3.8) is 0 Å². The molecule has 0 amide bonds. The Bertz CT molecular complexity index is 60.2. The molecule has 0 spiro atoms. The van der Waals surface area contributed by atoms with Crippen LogP contribution in [-0.2, 0) is 4.74 Å². The number of aliphatic hydroxyl groups excluding tert-OH is 1. The van der Waals surface area contributed by atoms with Gasteiger partial charge in [0.25, 0.3) is 0 Å². The van der Waals surface area contributed by atoms with Crippen LogP contribution >= 0.6 is 0 Å². The van der Waals surface area contributed by atoms with Gasteiger partial charge >= 0.3 is 0 Å². The normalized spacial score (nSPS) is 13.7.